The number of nitrogens with zero attached hydrogens (tertiary/aromatic N) is 1. The minimum absolute atomic E-state index is 0.122. The standard InChI is InChI=1S/C10H12ClN3O3/c1-2-8(10(12)13)17-9-5-6(14(15)16)3-4-7(9)11/h3-5,8H,2H2,1H3,(H3,12,13). The fourth-order valence-electron chi connectivity index (χ4n) is 1.22. The number of non-ortho nitro benzene ring substituents is 1. The second kappa shape index (κ2) is 5.49. The molecule has 1 unspecified atom stereocenters. The zero-order valence-electron chi connectivity index (χ0n) is 9.14. The number of amidine groups is 1. The number of hydrogen-bond acceptors (Lipinski definition) is 4. The van der Waals surface area contributed by atoms with Gasteiger partial charge in [0.2, 0.25) is 0 Å². The van der Waals surface area contributed by atoms with E-state index >= 15 is 0 Å². The Kier molecular flexibility index (Phi) is 4.28. The molecule has 7 heteroatoms. The minimum atomic E-state index is -0.630. The molecular formula is C10H12ClN3O3. The van der Waals surface area contributed by atoms with Crippen LogP contribution in [0.2, 0.25) is 5.02 Å². The van der Waals surface area contributed by atoms with Crippen molar-refractivity contribution in [1.29, 1.82) is 5.41 Å². The first kappa shape index (κ1) is 13.2. The lowest BCUT2D eigenvalue weighted by molar-refractivity contribution is -0.384. The van der Waals surface area contributed by atoms with Gasteiger partial charge in [0.1, 0.15) is 11.6 Å². The first-order chi connectivity index (χ1) is 7.95. The normalized spacial score (nSPS) is 11.9. The average molecular weight is 258 g/mol. The van der Waals surface area contributed by atoms with E-state index in [2.05, 4.69) is 0 Å². The maximum atomic E-state index is 10.6. The third-order valence-corrected chi connectivity index (χ3v) is 2.42. The summed E-state index contributed by atoms with van der Waals surface area (Å²) >= 11 is 5.85. The van der Waals surface area contributed by atoms with Gasteiger partial charge >= 0.3 is 0 Å². The van der Waals surface area contributed by atoms with Gasteiger partial charge in [-0.25, -0.2) is 0 Å². The molecule has 0 fully saturated rings. The molecule has 0 amide bonds. The van der Waals surface area contributed by atoms with Crippen LogP contribution in [0.15, 0.2) is 18.2 Å². The number of nitro benzene ring substituents is 1. The van der Waals surface area contributed by atoms with Crippen molar-refractivity contribution in [3.8, 4) is 5.75 Å². The molecule has 0 spiro atoms. The van der Waals surface area contributed by atoms with Gasteiger partial charge in [-0.2, -0.15) is 0 Å². The predicted molar refractivity (Wildman–Crippen MR) is 64.7 cm³/mol. The molecule has 0 bridgehead atoms. The molecule has 0 aliphatic rings. The molecule has 17 heavy (non-hydrogen) atoms. The first-order valence-corrected chi connectivity index (χ1v) is 5.28. The van der Waals surface area contributed by atoms with Crippen molar-refractivity contribution in [2.75, 3.05) is 0 Å². The second-order valence-corrected chi connectivity index (χ2v) is 3.75. The average Bonchev–Trinajstić information content (AvgIpc) is 2.27. The van der Waals surface area contributed by atoms with E-state index in [1.54, 1.807) is 6.92 Å². The number of benzene rings is 1. The van der Waals surface area contributed by atoms with Crippen molar-refractivity contribution in [2.45, 2.75) is 19.4 Å². The molecule has 3 N–H and O–H groups in total. The Morgan fingerprint density at radius 1 is 1.71 bits per heavy atom. The van der Waals surface area contributed by atoms with Crippen LogP contribution in [0.25, 0.3) is 0 Å². The van der Waals surface area contributed by atoms with Gasteiger partial charge in [0, 0.05) is 6.07 Å². The van der Waals surface area contributed by atoms with Gasteiger partial charge in [-0.1, -0.05) is 18.5 Å². The van der Waals surface area contributed by atoms with Gasteiger partial charge < -0.3 is 10.5 Å². The Bertz CT molecular complexity index is 450. The highest BCUT2D eigenvalue weighted by Gasteiger charge is 2.16. The molecule has 1 atom stereocenters. The molecule has 0 saturated heterocycles. The summed E-state index contributed by atoms with van der Waals surface area (Å²) in [7, 11) is 0. The largest absolute Gasteiger partial charge is 0.481 e. The Morgan fingerprint density at radius 3 is 2.82 bits per heavy atom. The monoisotopic (exact) mass is 257 g/mol. The van der Waals surface area contributed by atoms with Gasteiger partial charge in [-0.3, -0.25) is 15.5 Å². The van der Waals surface area contributed by atoms with Crippen molar-refractivity contribution in [3.63, 3.8) is 0 Å². The Hall–Kier alpha value is -1.82. The molecule has 1 aromatic rings. The highest BCUT2D eigenvalue weighted by atomic mass is 35.5. The van der Waals surface area contributed by atoms with E-state index in [4.69, 9.17) is 27.5 Å². The molecule has 0 aromatic heterocycles. The first-order valence-electron chi connectivity index (χ1n) is 4.90. The molecule has 0 radical (unpaired) electrons. The fourth-order valence-corrected chi connectivity index (χ4v) is 1.38. The molecule has 92 valence electrons. The summed E-state index contributed by atoms with van der Waals surface area (Å²) in [4.78, 5) is 10.0. The summed E-state index contributed by atoms with van der Waals surface area (Å²) in [6.07, 6.45) is -0.150. The number of nitrogens with two attached hydrogens (primary N) is 1. The van der Waals surface area contributed by atoms with E-state index in [9.17, 15) is 10.1 Å². The zero-order chi connectivity index (χ0) is 13.0. The summed E-state index contributed by atoms with van der Waals surface area (Å²) in [5.41, 5.74) is 5.20. The summed E-state index contributed by atoms with van der Waals surface area (Å²) < 4.78 is 5.36. The lowest BCUT2D eigenvalue weighted by atomic mass is 10.2. The van der Waals surface area contributed by atoms with Crippen molar-refractivity contribution in [2.24, 2.45) is 5.73 Å². The van der Waals surface area contributed by atoms with Gasteiger partial charge in [-0.05, 0) is 12.5 Å². The van der Waals surface area contributed by atoms with E-state index < -0.39 is 11.0 Å². The van der Waals surface area contributed by atoms with Crippen LogP contribution in [0.1, 0.15) is 13.3 Å². The Morgan fingerprint density at radius 2 is 2.35 bits per heavy atom. The minimum Gasteiger partial charge on any atom is -0.481 e. The topological polar surface area (TPSA) is 102 Å². The number of nitro groups is 1. The van der Waals surface area contributed by atoms with E-state index in [-0.39, 0.29) is 22.3 Å². The van der Waals surface area contributed by atoms with E-state index in [1.165, 1.54) is 18.2 Å². The van der Waals surface area contributed by atoms with Crippen LogP contribution in [0.4, 0.5) is 5.69 Å². The predicted octanol–water partition coefficient (Wildman–Crippen LogP) is 2.34. The zero-order valence-corrected chi connectivity index (χ0v) is 9.90. The highest BCUT2D eigenvalue weighted by Crippen LogP contribution is 2.29. The smallest absolute Gasteiger partial charge is 0.273 e. The van der Waals surface area contributed by atoms with E-state index in [1.807, 2.05) is 0 Å². The molecule has 1 aromatic carbocycles. The van der Waals surface area contributed by atoms with Gasteiger partial charge in [-0.15, -0.1) is 0 Å². The lowest BCUT2D eigenvalue weighted by Gasteiger charge is -2.16. The molecule has 0 heterocycles. The molecule has 1 rings (SSSR count). The van der Waals surface area contributed by atoms with Crippen LogP contribution in [0, 0.1) is 15.5 Å². The van der Waals surface area contributed by atoms with Crippen molar-refractivity contribution in [1.82, 2.24) is 0 Å². The maximum Gasteiger partial charge on any atom is 0.273 e. The van der Waals surface area contributed by atoms with E-state index in [0.29, 0.717) is 6.42 Å². The number of halogens is 1. The van der Waals surface area contributed by atoms with Crippen LogP contribution in [-0.4, -0.2) is 16.9 Å². The summed E-state index contributed by atoms with van der Waals surface area (Å²) in [5.74, 6) is 0.0120. The lowest BCUT2D eigenvalue weighted by Crippen LogP contribution is -2.32. The SMILES string of the molecule is CCC(Oc1cc([N+](=O)[O-])ccc1Cl)C(=N)N. The van der Waals surface area contributed by atoms with Crippen molar-refractivity contribution >= 4 is 23.1 Å². The second-order valence-electron chi connectivity index (χ2n) is 3.34. The van der Waals surface area contributed by atoms with Crippen molar-refractivity contribution < 1.29 is 9.66 Å². The van der Waals surface area contributed by atoms with E-state index in [0.717, 1.165) is 0 Å². The maximum absolute atomic E-state index is 10.6. The highest BCUT2D eigenvalue weighted by molar-refractivity contribution is 6.32. The molecule has 0 saturated carbocycles. The van der Waals surface area contributed by atoms with Crippen LogP contribution < -0.4 is 10.5 Å². The third-order valence-electron chi connectivity index (χ3n) is 2.11. The van der Waals surface area contributed by atoms with Crippen LogP contribution in [0.5, 0.6) is 5.75 Å². The van der Waals surface area contributed by atoms with Crippen LogP contribution in [0.3, 0.4) is 0 Å². The number of rotatable bonds is 5. The molecular weight excluding hydrogens is 246 g/mol. The summed E-state index contributed by atoms with van der Waals surface area (Å²) in [6.45, 7) is 1.79. The Labute approximate surface area is 103 Å². The Balaban J connectivity index is 3.00. The van der Waals surface area contributed by atoms with Gasteiger partial charge in [0.25, 0.3) is 5.69 Å². The van der Waals surface area contributed by atoms with Crippen molar-refractivity contribution in [3.05, 3.63) is 33.3 Å². The molecule has 0 aliphatic carbocycles. The number of ether oxygens (including phenoxy) is 1. The number of hydrogen-bond donors (Lipinski definition) is 2. The summed E-state index contributed by atoms with van der Waals surface area (Å²) in [5, 5.41) is 18.1. The quantitative estimate of drug-likeness (QED) is 0.366. The number of nitrogens with one attached hydrogen (secondary N) is 1. The third kappa shape index (κ3) is 3.32. The van der Waals surface area contributed by atoms with Crippen LogP contribution >= 0.6 is 11.6 Å². The van der Waals surface area contributed by atoms with Gasteiger partial charge in [0.05, 0.1) is 16.0 Å². The molecule has 0 aliphatic heterocycles. The fraction of sp³-hybridized carbons (Fsp3) is 0.300. The van der Waals surface area contributed by atoms with Gasteiger partial charge in [0.15, 0.2) is 6.10 Å². The summed E-state index contributed by atoms with van der Waals surface area (Å²) in [6, 6.07) is 3.87. The van der Waals surface area contributed by atoms with Crippen LogP contribution in [-0.2, 0) is 0 Å². The molecule has 6 nitrogen and oxygen atoms in total.